The fourth-order valence-corrected chi connectivity index (χ4v) is 4.85. The van der Waals surface area contributed by atoms with Gasteiger partial charge in [0, 0.05) is 4.90 Å². The maximum absolute atomic E-state index is 12.6. The van der Waals surface area contributed by atoms with Gasteiger partial charge < -0.3 is 0 Å². The van der Waals surface area contributed by atoms with Gasteiger partial charge in [-0.2, -0.15) is 8.42 Å². The molecule has 1 unspecified atom stereocenters. The van der Waals surface area contributed by atoms with E-state index in [2.05, 4.69) is 19.1 Å². The van der Waals surface area contributed by atoms with Gasteiger partial charge in [-0.05, 0) is 56.2 Å². The Labute approximate surface area is 168 Å². The minimum absolute atomic E-state index is 0.243. The molecule has 3 nitrogen and oxygen atoms in total. The van der Waals surface area contributed by atoms with Crippen LogP contribution in [-0.2, 0) is 14.3 Å². The number of aryl methyl sites for hydroxylation is 1. The van der Waals surface area contributed by atoms with Gasteiger partial charge in [-0.1, -0.05) is 62.1 Å². The predicted molar refractivity (Wildman–Crippen MR) is 114 cm³/mol. The van der Waals surface area contributed by atoms with Crippen molar-refractivity contribution in [3.8, 4) is 0 Å². The van der Waals surface area contributed by atoms with Crippen LogP contribution in [0, 0.1) is 6.92 Å². The van der Waals surface area contributed by atoms with Crippen LogP contribution in [0.2, 0.25) is 0 Å². The monoisotopic (exact) mass is 406 g/mol. The van der Waals surface area contributed by atoms with E-state index in [4.69, 9.17) is 4.18 Å². The summed E-state index contributed by atoms with van der Waals surface area (Å²) in [5.74, 6) is 0.961. The highest BCUT2D eigenvalue weighted by Gasteiger charge is 2.21. The van der Waals surface area contributed by atoms with Crippen molar-refractivity contribution < 1.29 is 12.6 Å². The number of benzene rings is 2. The SMILES string of the molecule is CCCCCC(CCCSc1ccccc1)OS(=O)(=O)c1ccc(C)cc1. The number of thioether (sulfide) groups is 1. The first-order chi connectivity index (χ1) is 13.0. The molecule has 5 heteroatoms. The van der Waals surface area contributed by atoms with E-state index >= 15 is 0 Å². The molecule has 0 fully saturated rings. The van der Waals surface area contributed by atoms with E-state index < -0.39 is 10.1 Å². The molecule has 0 saturated carbocycles. The van der Waals surface area contributed by atoms with Gasteiger partial charge in [-0.25, -0.2) is 0 Å². The Bertz CT molecular complexity index is 756. The molecule has 0 radical (unpaired) electrons. The van der Waals surface area contributed by atoms with Gasteiger partial charge in [0.1, 0.15) is 0 Å². The highest BCUT2D eigenvalue weighted by atomic mass is 32.2. The van der Waals surface area contributed by atoms with Gasteiger partial charge in [-0.15, -0.1) is 11.8 Å². The third-order valence-electron chi connectivity index (χ3n) is 4.38. The summed E-state index contributed by atoms with van der Waals surface area (Å²) in [5.41, 5.74) is 1.03. The van der Waals surface area contributed by atoms with Gasteiger partial charge in [0.05, 0.1) is 11.0 Å². The van der Waals surface area contributed by atoms with E-state index in [-0.39, 0.29) is 11.0 Å². The lowest BCUT2D eigenvalue weighted by Gasteiger charge is -2.17. The van der Waals surface area contributed by atoms with Crippen molar-refractivity contribution in [3.05, 3.63) is 60.2 Å². The lowest BCUT2D eigenvalue weighted by molar-refractivity contribution is 0.184. The highest BCUT2D eigenvalue weighted by Crippen LogP contribution is 2.23. The zero-order valence-electron chi connectivity index (χ0n) is 16.3. The number of unbranched alkanes of at least 4 members (excludes halogenated alkanes) is 2. The smallest absolute Gasteiger partial charge is 0.263 e. The minimum Gasteiger partial charge on any atom is -0.263 e. The van der Waals surface area contributed by atoms with Crippen LogP contribution in [0.3, 0.4) is 0 Å². The molecule has 0 aliphatic heterocycles. The molecule has 0 aromatic heterocycles. The number of hydrogen-bond acceptors (Lipinski definition) is 4. The highest BCUT2D eigenvalue weighted by molar-refractivity contribution is 7.99. The molecule has 27 heavy (non-hydrogen) atoms. The molecule has 1 atom stereocenters. The molecule has 148 valence electrons. The molecular formula is C22H30O3S2. The van der Waals surface area contributed by atoms with Crippen molar-refractivity contribution in [2.45, 2.75) is 68.3 Å². The maximum Gasteiger partial charge on any atom is 0.297 e. The summed E-state index contributed by atoms with van der Waals surface area (Å²) in [6, 6.07) is 17.1. The Morgan fingerprint density at radius 1 is 0.926 bits per heavy atom. The first-order valence-electron chi connectivity index (χ1n) is 9.69. The van der Waals surface area contributed by atoms with Crippen LogP contribution in [0.4, 0.5) is 0 Å². The van der Waals surface area contributed by atoms with E-state index in [0.29, 0.717) is 0 Å². The quantitative estimate of drug-likeness (QED) is 0.238. The third-order valence-corrected chi connectivity index (χ3v) is 6.86. The van der Waals surface area contributed by atoms with Crippen molar-refractivity contribution in [2.24, 2.45) is 0 Å². The maximum atomic E-state index is 12.6. The summed E-state index contributed by atoms with van der Waals surface area (Å²) in [4.78, 5) is 1.49. The van der Waals surface area contributed by atoms with Crippen molar-refractivity contribution in [1.29, 1.82) is 0 Å². The molecule has 2 aromatic rings. The van der Waals surface area contributed by atoms with Crippen LogP contribution in [-0.4, -0.2) is 20.3 Å². The number of rotatable bonds is 12. The zero-order chi connectivity index (χ0) is 19.5. The Kier molecular flexibility index (Phi) is 9.39. The van der Waals surface area contributed by atoms with Crippen molar-refractivity contribution in [3.63, 3.8) is 0 Å². The molecule has 0 heterocycles. The second kappa shape index (κ2) is 11.5. The molecule has 0 amide bonds. The lowest BCUT2D eigenvalue weighted by Crippen LogP contribution is -2.19. The molecule has 2 rings (SSSR count). The summed E-state index contributed by atoms with van der Waals surface area (Å²) < 4.78 is 30.9. The van der Waals surface area contributed by atoms with E-state index in [1.165, 1.54) is 4.90 Å². The van der Waals surface area contributed by atoms with E-state index in [1.54, 1.807) is 36.0 Å². The average molecular weight is 407 g/mol. The van der Waals surface area contributed by atoms with Crippen LogP contribution in [0.1, 0.15) is 51.0 Å². The van der Waals surface area contributed by atoms with E-state index in [0.717, 1.165) is 49.8 Å². The molecule has 0 bridgehead atoms. The molecule has 0 saturated heterocycles. The fourth-order valence-electron chi connectivity index (χ4n) is 2.82. The third kappa shape index (κ3) is 8.08. The van der Waals surface area contributed by atoms with Crippen molar-refractivity contribution in [2.75, 3.05) is 5.75 Å². The van der Waals surface area contributed by atoms with Gasteiger partial charge in [0.15, 0.2) is 0 Å². The average Bonchev–Trinajstić information content (AvgIpc) is 2.66. The summed E-state index contributed by atoms with van der Waals surface area (Å²) in [6.45, 7) is 4.09. The van der Waals surface area contributed by atoms with E-state index in [1.807, 2.05) is 25.1 Å². The molecule has 0 aliphatic rings. The molecular weight excluding hydrogens is 376 g/mol. The summed E-state index contributed by atoms with van der Waals surface area (Å²) >= 11 is 1.80. The van der Waals surface area contributed by atoms with Crippen LogP contribution >= 0.6 is 11.8 Å². The largest absolute Gasteiger partial charge is 0.297 e. The predicted octanol–water partition coefficient (Wildman–Crippen LogP) is 6.22. The first-order valence-corrected chi connectivity index (χ1v) is 12.1. The van der Waals surface area contributed by atoms with Crippen LogP contribution in [0.25, 0.3) is 0 Å². The Balaban J connectivity index is 1.91. The summed E-state index contributed by atoms with van der Waals surface area (Å²) in [6.07, 6.45) is 5.43. The summed E-state index contributed by atoms with van der Waals surface area (Å²) in [7, 11) is -3.71. The van der Waals surface area contributed by atoms with E-state index in [9.17, 15) is 8.42 Å². The van der Waals surface area contributed by atoms with Crippen LogP contribution in [0.5, 0.6) is 0 Å². The molecule has 0 spiro atoms. The van der Waals surface area contributed by atoms with Crippen LogP contribution < -0.4 is 0 Å². The summed E-state index contributed by atoms with van der Waals surface area (Å²) in [5, 5.41) is 0. The zero-order valence-corrected chi connectivity index (χ0v) is 17.9. The van der Waals surface area contributed by atoms with Gasteiger partial charge in [0.25, 0.3) is 10.1 Å². The second-order valence-electron chi connectivity index (χ2n) is 6.78. The van der Waals surface area contributed by atoms with Gasteiger partial charge in [0.2, 0.25) is 0 Å². The molecule has 0 aliphatic carbocycles. The Hall–Kier alpha value is -1.30. The standard InChI is InChI=1S/C22H30O3S2/c1-3-4-6-10-20(11-9-18-26-21-12-7-5-8-13-21)25-27(23,24)22-16-14-19(2)15-17-22/h5,7-8,12-17,20H,3-4,6,9-11,18H2,1-2H3. The van der Waals surface area contributed by atoms with Gasteiger partial charge >= 0.3 is 0 Å². The topological polar surface area (TPSA) is 43.4 Å². The first kappa shape index (κ1) is 22.0. The van der Waals surface area contributed by atoms with Gasteiger partial charge in [-0.3, -0.25) is 4.18 Å². The lowest BCUT2D eigenvalue weighted by atomic mass is 10.1. The molecule has 2 aromatic carbocycles. The van der Waals surface area contributed by atoms with Crippen molar-refractivity contribution >= 4 is 21.9 Å². The van der Waals surface area contributed by atoms with Crippen LogP contribution in [0.15, 0.2) is 64.4 Å². The fraction of sp³-hybridized carbons (Fsp3) is 0.455. The number of hydrogen-bond donors (Lipinski definition) is 0. The second-order valence-corrected chi connectivity index (χ2v) is 9.53. The molecule has 0 N–H and O–H groups in total. The van der Waals surface area contributed by atoms with Crippen molar-refractivity contribution in [1.82, 2.24) is 0 Å². The minimum atomic E-state index is -3.71. The Morgan fingerprint density at radius 2 is 1.59 bits per heavy atom. The Morgan fingerprint density at radius 3 is 2.26 bits per heavy atom. The normalized spacial score (nSPS) is 12.8.